The van der Waals surface area contributed by atoms with Gasteiger partial charge in [-0.25, -0.2) is 17.1 Å². The van der Waals surface area contributed by atoms with E-state index in [0.717, 1.165) is 50.0 Å². The monoisotopic (exact) mass is 476 g/mol. The van der Waals surface area contributed by atoms with Gasteiger partial charge >= 0.3 is 0 Å². The van der Waals surface area contributed by atoms with Crippen LogP contribution in [0.25, 0.3) is 0 Å². The van der Waals surface area contributed by atoms with Gasteiger partial charge in [0.2, 0.25) is 0 Å². The van der Waals surface area contributed by atoms with E-state index >= 15 is 4.39 Å². The van der Waals surface area contributed by atoms with Gasteiger partial charge in [0.15, 0.2) is 0 Å². The molecule has 2 atom stereocenters. The number of rotatable bonds is 6. The van der Waals surface area contributed by atoms with Crippen LogP contribution in [0, 0.1) is 11.7 Å². The zero-order valence-corrected chi connectivity index (χ0v) is 20.5. The standard InChI is InChI=1S/C25H33FN2O2S2/c1-19-8-11-25(21-6-4-3-5-7-21)31-28(19)17-22-9-10-23(16-24(22)26)27-14-12-20(13-15-27)18-32(2,29)30/h3-7,9-10,16,19-20,25H,8,11-15,17-18H2,1-2H3/t19-,25?/m0/s1. The molecular formula is C25H33FN2O2S2. The maximum Gasteiger partial charge on any atom is 0.147 e. The van der Waals surface area contributed by atoms with Crippen LogP contribution >= 0.6 is 11.9 Å². The van der Waals surface area contributed by atoms with Crippen molar-refractivity contribution in [2.75, 3.05) is 30.0 Å². The van der Waals surface area contributed by atoms with Crippen LogP contribution in [0.4, 0.5) is 10.1 Å². The number of hydrogen-bond acceptors (Lipinski definition) is 5. The SMILES string of the molecule is C[C@H]1CCC(c2ccccc2)SN1Cc1ccc(N2CCC(CS(C)(=O)=O)CC2)cc1F. The summed E-state index contributed by atoms with van der Waals surface area (Å²) in [5, 5.41) is 0.419. The lowest BCUT2D eigenvalue weighted by Gasteiger charge is -2.37. The van der Waals surface area contributed by atoms with E-state index in [-0.39, 0.29) is 17.5 Å². The maximum atomic E-state index is 15.1. The van der Waals surface area contributed by atoms with Crippen molar-refractivity contribution in [3.8, 4) is 0 Å². The zero-order valence-electron chi connectivity index (χ0n) is 18.9. The Hall–Kier alpha value is -1.57. The van der Waals surface area contributed by atoms with Gasteiger partial charge in [0, 0.05) is 48.4 Å². The van der Waals surface area contributed by atoms with Crippen LogP contribution in [0.5, 0.6) is 0 Å². The summed E-state index contributed by atoms with van der Waals surface area (Å²) in [7, 11) is -2.94. The number of benzene rings is 2. The largest absolute Gasteiger partial charge is 0.371 e. The van der Waals surface area contributed by atoms with E-state index < -0.39 is 9.84 Å². The lowest BCUT2D eigenvalue weighted by molar-refractivity contribution is 0.317. The molecule has 0 N–H and O–H groups in total. The Labute approximate surface area is 196 Å². The summed E-state index contributed by atoms with van der Waals surface area (Å²) in [5.41, 5.74) is 2.96. The second-order valence-electron chi connectivity index (χ2n) is 9.30. The minimum absolute atomic E-state index is 0.157. The van der Waals surface area contributed by atoms with Gasteiger partial charge in [0.05, 0.1) is 5.75 Å². The molecule has 2 aliphatic rings. The first-order valence-electron chi connectivity index (χ1n) is 11.5. The van der Waals surface area contributed by atoms with Gasteiger partial charge in [0.25, 0.3) is 0 Å². The van der Waals surface area contributed by atoms with Crippen molar-refractivity contribution < 1.29 is 12.8 Å². The average molecular weight is 477 g/mol. The highest BCUT2D eigenvalue weighted by Crippen LogP contribution is 2.43. The highest BCUT2D eigenvalue weighted by molar-refractivity contribution is 7.97. The summed E-state index contributed by atoms with van der Waals surface area (Å²) < 4.78 is 40.5. The summed E-state index contributed by atoms with van der Waals surface area (Å²) in [5.74, 6) is 0.306. The third-order valence-electron chi connectivity index (χ3n) is 6.65. The number of sulfone groups is 1. The molecular weight excluding hydrogens is 443 g/mol. The fourth-order valence-corrected chi connectivity index (χ4v) is 7.32. The molecule has 0 amide bonds. The second-order valence-corrected chi connectivity index (χ2v) is 12.7. The average Bonchev–Trinajstić information content (AvgIpc) is 2.76. The van der Waals surface area contributed by atoms with E-state index in [1.54, 1.807) is 6.07 Å². The van der Waals surface area contributed by atoms with Gasteiger partial charge in [-0.05, 0) is 56.2 Å². The van der Waals surface area contributed by atoms with Crippen molar-refractivity contribution in [1.82, 2.24) is 4.31 Å². The molecule has 2 heterocycles. The molecule has 32 heavy (non-hydrogen) atoms. The highest BCUT2D eigenvalue weighted by Gasteiger charge is 2.28. The first kappa shape index (κ1) is 23.6. The molecule has 4 nitrogen and oxygen atoms in total. The summed E-state index contributed by atoms with van der Waals surface area (Å²) in [6.45, 7) is 4.37. The molecule has 2 fully saturated rings. The van der Waals surface area contributed by atoms with E-state index in [9.17, 15) is 8.42 Å². The number of nitrogens with zero attached hydrogens (tertiary/aromatic N) is 2. The van der Waals surface area contributed by atoms with Crippen molar-refractivity contribution >= 4 is 27.5 Å². The Morgan fingerprint density at radius 3 is 2.41 bits per heavy atom. The van der Waals surface area contributed by atoms with Gasteiger partial charge in [-0.1, -0.05) is 48.3 Å². The predicted octanol–water partition coefficient (Wildman–Crippen LogP) is 5.46. The molecule has 2 aliphatic heterocycles. The normalized spacial score (nSPS) is 23.4. The van der Waals surface area contributed by atoms with Crippen molar-refractivity contribution in [2.45, 2.75) is 50.4 Å². The topological polar surface area (TPSA) is 40.6 Å². The fraction of sp³-hybridized carbons (Fsp3) is 0.520. The summed E-state index contributed by atoms with van der Waals surface area (Å²) in [6, 6.07) is 16.6. The molecule has 2 aromatic rings. The minimum Gasteiger partial charge on any atom is -0.371 e. The van der Waals surface area contributed by atoms with Crippen LogP contribution in [0.2, 0.25) is 0 Å². The lowest BCUT2D eigenvalue weighted by Crippen LogP contribution is -2.36. The van der Waals surface area contributed by atoms with Gasteiger partial charge in [-0.15, -0.1) is 0 Å². The van der Waals surface area contributed by atoms with Crippen LogP contribution in [0.15, 0.2) is 48.5 Å². The first-order chi connectivity index (χ1) is 15.3. The zero-order chi connectivity index (χ0) is 22.7. The molecule has 0 aliphatic carbocycles. The van der Waals surface area contributed by atoms with Crippen molar-refractivity contribution in [2.24, 2.45) is 5.92 Å². The Bertz CT molecular complexity index is 1010. The molecule has 1 unspecified atom stereocenters. The van der Waals surface area contributed by atoms with Crippen LogP contribution in [0.1, 0.15) is 49.0 Å². The molecule has 174 valence electrons. The third kappa shape index (κ3) is 6.06. The first-order valence-corrected chi connectivity index (χ1v) is 14.4. The van der Waals surface area contributed by atoms with E-state index in [4.69, 9.17) is 0 Å². The van der Waals surface area contributed by atoms with Crippen LogP contribution in [-0.4, -0.2) is 43.9 Å². The highest BCUT2D eigenvalue weighted by atomic mass is 32.2. The van der Waals surface area contributed by atoms with Crippen molar-refractivity contribution in [3.05, 3.63) is 65.5 Å². The molecule has 0 aromatic heterocycles. The summed E-state index contributed by atoms with van der Waals surface area (Å²) >= 11 is 1.84. The maximum absolute atomic E-state index is 15.1. The van der Waals surface area contributed by atoms with Crippen LogP contribution in [0.3, 0.4) is 0 Å². The summed E-state index contributed by atoms with van der Waals surface area (Å²) in [6.07, 6.45) is 5.22. The Balaban J connectivity index is 1.38. The molecule has 2 saturated heterocycles. The van der Waals surface area contributed by atoms with Crippen LogP contribution in [-0.2, 0) is 16.4 Å². The second kappa shape index (κ2) is 10.1. The van der Waals surface area contributed by atoms with Crippen LogP contribution < -0.4 is 4.90 Å². The molecule has 7 heteroatoms. The number of piperidine rings is 1. The molecule has 0 saturated carbocycles. The quantitative estimate of drug-likeness (QED) is 0.518. The minimum atomic E-state index is -2.94. The lowest BCUT2D eigenvalue weighted by atomic mass is 9.98. The number of anilines is 1. The molecule has 2 aromatic carbocycles. The fourth-order valence-electron chi connectivity index (χ4n) is 4.76. The Morgan fingerprint density at radius 1 is 1.03 bits per heavy atom. The van der Waals surface area contributed by atoms with Gasteiger partial charge in [0.1, 0.15) is 15.7 Å². The molecule has 0 radical (unpaired) electrons. The third-order valence-corrected chi connectivity index (χ3v) is 9.25. The molecule has 0 spiro atoms. The van der Waals surface area contributed by atoms with Gasteiger partial charge in [-0.3, -0.25) is 0 Å². The van der Waals surface area contributed by atoms with E-state index in [0.29, 0.717) is 17.8 Å². The number of halogens is 1. The molecule has 4 rings (SSSR count). The Morgan fingerprint density at radius 2 is 1.75 bits per heavy atom. The van der Waals surface area contributed by atoms with E-state index in [2.05, 4.69) is 40.4 Å². The molecule has 0 bridgehead atoms. The predicted molar refractivity (Wildman–Crippen MR) is 132 cm³/mol. The number of hydrogen-bond donors (Lipinski definition) is 0. The smallest absolute Gasteiger partial charge is 0.147 e. The van der Waals surface area contributed by atoms with E-state index in [1.807, 2.05) is 30.1 Å². The van der Waals surface area contributed by atoms with Gasteiger partial charge < -0.3 is 4.90 Å². The van der Waals surface area contributed by atoms with E-state index in [1.165, 1.54) is 11.8 Å². The van der Waals surface area contributed by atoms with Crippen molar-refractivity contribution in [1.29, 1.82) is 0 Å². The van der Waals surface area contributed by atoms with Gasteiger partial charge in [-0.2, -0.15) is 0 Å². The van der Waals surface area contributed by atoms with Crippen molar-refractivity contribution in [3.63, 3.8) is 0 Å². The summed E-state index contributed by atoms with van der Waals surface area (Å²) in [4.78, 5) is 2.18. The Kier molecular flexibility index (Phi) is 7.47.